The first kappa shape index (κ1) is 26.5. The van der Waals surface area contributed by atoms with Crippen molar-refractivity contribution in [3.8, 4) is 0 Å². The number of ether oxygens (including phenoxy) is 1. The zero-order valence-electron chi connectivity index (χ0n) is 18.8. The third kappa shape index (κ3) is 12.7. The van der Waals surface area contributed by atoms with Crippen molar-refractivity contribution < 1.29 is 26.5 Å². The van der Waals surface area contributed by atoms with Gasteiger partial charge in [0.05, 0.1) is 0 Å². The molecule has 3 fully saturated rings. The van der Waals surface area contributed by atoms with Crippen molar-refractivity contribution in [3.63, 3.8) is 0 Å². The van der Waals surface area contributed by atoms with Gasteiger partial charge in [0.15, 0.2) is 0 Å². The van der Waals surface area contributed by atoms with Crippen LogP contribution in [0.15, 0.2) is 35.9 Å². The molecule has 0 unspecified atom stereocenters. The summed E-state index contributed by atoms with van der Waals surface area (Å²) in [5.74, 6) is 0.425. The van der Waals surface area contributed by atoms with Crippen LogP contribution < -0.4 is 0 Å². The maximum Gasteiger partial charge on any atom is 4.00 e. The normalized spacial score (nSPS) is 21.6. The summed E-state index contributed by atoms with van der Waals surface area (Å²) < 4.78 is 5.57. The monoisotopic (exact) mass is 430 g/mol. The molecule has 1 heterocycles. The van der Waals surface area contributed by atoms with Crippen molar-refractivity contribution >= 4 is 0 Å². The maximum absolute atomic E-state index is 5.57. The number of hydrogen-bond donors (Lipinski definition) is 0. The van der Waals surface area contributed by atoms with Gasteiger partial charge < -0.3 is 10.8 Å². The topological polar surface area (TPSA) is 9.23 Å². The van der Waals surface area contributed by atoms with Gasteiger partial charge in [-0.2, -0.15) is 30.5 Å². The molecule has 1 aromatic carbocycles. The molecule has 0 amide bonds. The molecule has 29 heavy (non-hydrogen) atoms. The minimum Gasteiger partial charge on any atom is -0.495 e. The number of rotatable bonds is 6. The van der Waals surface area contributed by atoms with Crippen LogP contribution in [0.25, 0.3) is 0 Å². The fourth-order valence-corrected chi connectivity index (χ4v) is 4.02. The number of benzene rings is 1. The summed E-state index contributed by atoms with van der Waals surface area (Å²) in [5.41, 5.74) is 2.62. The predicted octanol–water partition coefficient (Wildman–Crippen LogP) is 8.09. The Bertz CT molecular complexity index is 477. The minimum atomic E-state index is 0. The molecule has 158 valence electrons. The molecular formula is C27H42OTi+2. The smallest absolute Gasteiger partial charge is 0.495 e. The average Bonchev–Trinajstić information content (AvgIpc) is 3.53. The van der Waals surface area contributed by atoms with E-state index in [1.807, 2.05) is 0 Å². The molecule has 1 atom stereocenters. The second-order valence-corrected chi connectivity index (χ2v) is 8.39. The van der Waals surface area contributed by atoms with Crippen LogP contribution in [0, 0.1) is 18.4 Å². The van der Waals surface area contributed by atoms with E-state index in [0.717, 1.165) is 19.6 Å². The molecular weight excluding hydrogens is 388 g/mol. The molecule has 0 bridgehead atoms. The Balaban J connectivity index is 0.000000311. The van der Waals surface area contributed by atoms with Crippen LogP contribution in [0.2, 0.25) is 0 Å². The van der Waals surface area contributed by atoms with E-state index in [2.05, 4.69) is 49.8 Å². The van der Waals surface area contributed by atoms with Gasteiger partial charge in [0, 0.05) is 13.2 Å². The average molecular weight is 430 g/mol. The van der Waals surface area contributed by atoms with Gasteiger partial charge >= 0.3 is 21.7 Å². The molecule has 2 aliphatic carbocycles. The van der Waals surface area contributed by atoms with Crippen LogP contribution >= 0.6 is 0 Å². The maximum atomic E-state index is 5.57. The third-order valence-corrected chi connectivity index (χ3v) is 5.83. The van der Waals surface area contributed by atoms with E-state index in [-0.39, 0.29) is 21.7 Å². The number of allylic oxidation sites excluding steroid dienone is 1. The quantitative estimate of drug-likeness (QED) is 0.252. The van der Waals surface area contributed by atoms with Crippen molar-refractivity contribution in [3.05, 3.63) is 54.0 Å². The van der Waals surface area contributed by atoms with Crippen LogP contribution in [0.3, 0.4) is 0 Å². The fraction of sp³-hybridized carbons (Fsp3) is 0.667. The molecule has 0 spiro atoms. The fourth-order valence-electron chi connectivity index (χ4n) is 4.02. The summed E-state index contributed by atoms with van der Waals surface area (Å²) in [6, 6.07) is 10.5. The number of unbranched alkanes of at least 4 members (excludes halogenated alkanes) is 3. The molecule has 0 N–H and O–H groups in total. The van der Waals surface area contributed by atoms with Gasteiger partial charge in [0.2, 0.25) is 0 Å². The molecule has 1 saturated heterocycles. The van der Waals surface area contributed by atoms with E-state index in [4.69, 9.17) is 4.74 Å². The van der Waals surface area contributed by atoms with Gasteiger partial charge in [0.1, 0.15) is 0 Å². The number of hydrogen-bond acceptors (Lipinski definition) is 1. The zero-order chi connectivity index (χ0) is 19.7. The van der Waals surface area contributed by atoms with Crippen molar-refractivity contribution in [2.24, 2.45) is 5.92 Å². The van der Waals surface area contributed by atoms with Crippen LogP contribution in [0.5, 0.6) is 0 Å². The van der Waals surface area contributed by atoms with E-state index < -0.39 is 0 Å². The van der Waals surface area contributed by atoms with Crippen molar-refractivity contribution in [1.29, 1.82) is 0 Å². The second kappa shape index (κ2) is 18.3. The summed E-state index contributed by atoms with van der Waals surface area (Å²) in [7, 11) is 0. The Labute approximate surface area is 196 Å². The Morgan fingerprint density at radius 3 is 1.93 bits per heavy atom. The van der Waals surface area contributed by atoms with E-state index in [1.165, 1.54) is 94.6 Å². The van der Waals surface area contributed by atoms with Gasteiger partial charge in [-0.3, -0.25) is 0 Å². The van der Waals surface area contributed by atoms with Crippen LogP contribution in [-0.4, -0.2) is 13.2 Å². The van der Waals surface area contributed by atoms with Gasteiger partial charge in [-0.1, -0.05) is 102 Å². The Morgan fingerprint density at radius 1 is 0.862 bits per heavy atom. The summed E-state index contributed by atoms with van der Waals surface area (Å²) in [6.45, 7) is 3.81. The van der Waals surface area contributed by atoms with E-state index in [9.17, 15) is 0 Å². The molecule has 1 nitrogen and oxygen atoms in total. The molecule has 2 saturated carbocycles. The first-order chi connectivity index (χ1) is 13.9. The SMILES string of the molecule is C1CCCC1.C1CCCC1.CCCCC[C-]=C1COC[C@H]1[CH-]c1ccccc1.[Ti+4]. The summed E-state index contributed by atoms with van der Waals surface area (Å²) in [5, 5.41) is 0. The van der Waals surface area contributed by atoms with Crippen molar-refractivity contribution in [2.75, 3.05) is 13.2 Å². The molecule has 0 aromatic heterocycles. The summed E-state index contributed by atoms with van der Waals surface area (Å²) in [4.78, 5) is 0. The van der Waals surface area contributed by atoms with Crippen LogP contribution in [0.4, 0.5) is 0 Å². The molecule has 4 rings (SSSR count). The van der Waals surface area contributed by atoms with Crippen molar-refractivity contribution in [1.82, 2.24) is 0 Å². The predicted molar refractivity (Wildman–Crippen MR) is 121 cm³/mol. The molecule has 0 radical (unpaired) electrons. The Kier molecular flexibility index (Phi) is 16.7. The molecule has 1 aromatic rings. The standard InChI is InChI=1S/C17H22O.2C5H10.Ti/c1-2-3-4-8-11-16-13-18-14-17(16)12-15-9-6-5-7-10-15;2*1-2-4-5-3-1;/h5-7,9-10,12,17H,2-4,8,13-14H2,1H3;2*1-5H2;/q-2;;;+4/t17-;;;/m1.../s1. The summed E-state index contributed by atoms with van der Waals surface area (Å²) >= 11 is 0. The minimum absolute atomic E-state index is 0. The zero-order valence-corrected chi connectivity index (χ0v) is 20.3. The van der Waals surface area contributed by atoms with Crippen LogP contribution in [0.1, 0.15) is 102 Å². The van der Waals surface area contributed by atoms with Crippen LogP contribution in [-0.2, 0) is 26.5 Å². The third-order valence-electron chi connectivity index (χ3n) is 5.83. The van der Waals surface area contributed by atoms with Gasteiger partial charge in [0.25, 0.3) is 0 Å². The molecule has 3 aliphatic rings. The Hall–Kier alpha value is -0.496. The first-order valence-corrected chi connectivity index (χ1v) is 12.0. The van der Waals surface area contributed by atoms with E-state index >= 15 is 0 Å². The van der Waals surface area contributed by atoms with Gasteiger partial charge in [-0.25, -0.2) is 5.57 Å². The van der Waals surface area contributed by atoms with Crippen molar-refractivity contribution in [2.45, 2.75) is 96.8 Å². The molecule has 2 heteroatoms. The first-order valence-electron chi connectivity index (χ1n) is 12.0. The summed E-state index contributed by atoms with van der Waals surface area (Å²) in [6.07, 6.45) is 25.7. The van der Waals surface area contributed by atoms with E-state index in [1.54, 1.807) is 0 Å². The largest absolute Gasteiger partial charge is 4.00 e. The molecule has 1 aliphatic heterocycles. The van der Waals surface area contributed by atoms with Gasteiger partial charge in [-0.05, 0) is 0 Å². The Morgan fingerprint density at radius 2 is 1.41 bits per heavy atom. The van der Waals surface area contributed by atoms with E-state index in [0.29, 0.717) is 5.92 Å². The second-order valence-electron chi connectivity index (χ2n) is 8.39. The van der Waals surface area contributed by atoms with Gasteiger partial charge in [-0.15, -0.1) is 12.1 Å².